The first kappa shape index (κ1) is 8.78. The summed E-state index contributed by atoms with van der Waals surface area (Å²) >= 11 is 0. The van der Waals surface area contributed by atoms with E-state index in [-0.39, 0.29) is 0 Å². The predicted octanol–water partition coefficient (Wildman–Crippen LogP) is 1.63. The van der Waals surface area contributed by atoms with Crippen molar-refractivity contribution in [1.29, 1.82) is 0 Å². The van der Waals surface area contributed by atoms with Gasteiger partial charge in [-0.1, -0.05) is 18.2 Å². The van der Waals surface area contributed by atoms with Crippen LogP contribution in [0.1, 0.15) is 5.56 Å². The van der Waals surface area contributed by atoms with Crippen molar-refractivity contribution in [2.45, 2.75) is 6.92 Å². The lowest BCUT2D eigenvalue weighted by molar-refractivity contribution is -0.106. The Kier molecular flexibility index (Phi) is 2.86. The Balaban J connectivity index is 2.86. The van der Waals surface area contributed by atoms with Gasteiger partial charge in [-0.3, -0.25) is 0 Å². The minimum Gasteiger partial charge on any atom is -0.367 e. The van der Waals surface area contributed by atoms with Crippen LogP contribution >= 0.6 is 0 Å². The zero-order chi connectivity index (χ0) is 8.97. The number of anilines is 1. The summed E-state index contributed by atoms with van der Waals surface area (Å²) in [6.07, 6.45) is 0.909. The standard InChI is InChI=1S/C10H13NO/c1-9-5-3-4-6-10(9)11(2)7-8-12/h3-6,8H,7H2,1-2H3. The number of likely N-dealkylation sites (N-methyl/N-ethyl adjacent to an activating group) is 1. The number of aldehydes is 1. The molecule has 0 radical (unpaired) electrons. The smallest absolute Gasteiger partial charge is 0.139 e. The summed E-state index contributed by atoms with van der Waals surface area (Å²) in [7, 11) is 1.91. The lowest BCUT2D eigenvalue weighted by atomic mass is 10.2. The third kappa shape index (κ3) is 1.84. The molecule has 2 heteroatoms. The fourth-order valence-corrected chi connectivity index (χ4v) is 1.20. The monoisotopic (exact) mass is 163 g/mol. The van der Waals surface area contributed by atoms with Gasteiger partial charge in [0, 0.05) is 12.7 Å². The van der Waals surface area contributed by atoms with Gasteiger partial charge in [0.25, 0.3) is 0 Å². The third-order valence-electron chi connectivity index (χ3n) is 1.88. The second-order valence-electron chi connectivity index (χ2n) is 2.83. The number of hydrogen-bond donors (Lipinski definition) is 0. The maximum atomic E-state index is 10.3. The highest BCUT2D eigenvalue weighted by molar-refractivity contribution is 5.62. The van der Waals surface area contributed by atoms with Crippen molar-refractivity contribution in [3.8, 4) is 0 Å². The van der Waals surface area contributed by atoms with E-state index in [0.717, 1.165) is 12.0 Å². The van der Waals surface area contributed by atoms with Gasteiger partial charge >= 0.3 is 0 Å². The third-order valence-corrected chi connectivity index (χ3v) is 1.88. The summed E-state index contributed by atoms with van der Waals surface area (Å²) in [5.74, 6) is 0. The van der Waals surface area contributed by atoms with E-state index < -0.39 is 0 Å². The van der Waals surface area contributed by atoms with Gasteiger partial charge in [0.1, 0.15) is 6.29 Å². The molecule has 0 bridgehead atoms. The predicted molar refractivity (Wildman–Crippen MR) is 50.5 cm³/mol. The van der Waals surface area contributed by atoms with E-state index in [1.807, 2.05) is 43.1 Å². The van der Waals surface area contributed by atoms with Crippen molar-refractivity contribution in [3.05, 3.63) is 29.8 Å². The Morgan fingerprint density at radius 2 is 2.08 bits per heavy atom. The molecule has 0 N–H and O–H groups in total. The average molecular weight is 163 g/mol. The summed E-state index contributed by atoms with van der Waals surface area (Å²) in [4.78, 5) is 12.2. The molecule has 1 aromatic carbocycles. The highest BCUT2D eigenvalue weighted by atomic mass is 16.1. The minimum atomic E-state index is 0.449. The number of para-hydroxylation sites is 1. The molecule has 0 amide bonds. The number of nitrogens with zero attached hydrogens (tertiary/aromatic N) is 1. The molecule has 1 rings (SSSR count). The molecule has 0 aromatic heterocycles. The fourth-order valence-electron chi connectivity index (χ4n) is 1.20. The van der Waals surface area contributed by atoms with Gasteiger partial charge in [0.15, 0.2) is 0 Å². The van der Waals surface area contributed by atoms with E-state index in [1.54, 1.807) is 0 Å². The lowest BCUT2D eigenvalue weighted by Gasteiger charge is -2.17. The lowest BCUT2D eigenvalue weighted by Crippen LogP contribution is -2.19. The SMILES string of the molecule is Cc1ccccc1N(C)CC=O. The van der Waals surface area contributed by atoms with Crippen molar-refractivity contribution in [1.82, 2.24) is 0 Å². The molecule has 64 valence electrons. The van der Waals surface area contributed by atoms with Crippen LogP contribution in [0.2, 0.25) is 0 Å². The van der Waals surface area contributed by atoms with E-state index in [2.05, 4.69) is 0 Å². The number of rotatable bonds is 3. The quantitative estimate of drug-likeness (QED) is 0.631. The Morgan fingerprint density at radius 3 is 2.67 bits per heavy atom. The van der Waals surface area contributed by atoms with E-state index in [1.165, 1.54) is 5.56 Å². The van der Waals surface area contributed by atoms with E-state index >= 15 is 0 Å². The Hall–Kier alpha value is -1.31. The molecule has 1 aromatic rings. The molecule has 0 atom stereocenters. The number of carbonyl (C=O) groups is 1. The van der Waals surface area contributed by atoms with Crippen LogP contribution in [0.25, 0.3) is 0 Å². The van der Waals surface area contributed by atoms with Crippen molar-refractivity contribution in [2.75, 3.05) is 18.5 Å². The highest BCUT2D eigenvalue weighted by Crippen LogP contribution is 2.16. The normalized spacial score (nSPS) is 9.50. The molecule has 0 aliphatic rings. The van der Waals surface area contributed by atoms with Gasteiger partial charge in [-0.25, -0.2) is 0 Å². The molecule has 0 heterocycles. The number of hydrogen-bond acceptors (Lipinski definition) is 2. The van der Waals surface area contributed by atoms with Crippen molar-refractivity contribution < 1.29 is 4.79 Å². The van der Waals surface area contributed by atoms with Gasteiger partial charge in [0.05, 0.1) is 6.54 Å². The summed E-state index contributed by atoms with van der Waals surface area (Å²) in [6, 6.07) is 8.02. The maximum Gasteiger partial charge on any atom is 0.139 e. The van der Waals surface area contributed by atoms with Crippen LogP contribution in [0.3, 0.4) is 0 Å². The van der Waals surface area contributed by atoms with Crippen LogP contribution in [0.4, 0.5) is 5.69 Å². The van der Waals surface area contributed by atoms with Crippen LogP contribution < -0.4 is 4.90 Å². The molecule has 2 nitrogen and oxygen atoms in total. The zero-order valence-electron chi connectivity index (χ0n) is 7.45. The molecule has 0 spiro atoms. The van der Waals surface area contributed by atoms with Crippen LogP contribution in [0, 0.1) is 6.92 Å². The Bertz CT molecular complexity index is 270. The molecule has 0 aliphatic heterocycles. The van der Waals surface area contributed by atoms with Gasteiger partial charge < -0.3 is 9.69 Å². The second-order valence-corrected chi connectivity index (χ2v) is 2.83. The molecule has 0 fully saturated rings. The minimum absolute atomic E-state index is 0.449. The number of benzene rings is 1. The van der Waals surface area contributed by atoms with Crippen molar-refractivity contribution in [2.24, 2.45) is 0 Å². The zero-order valence-corrected chi connectivity index (χ0v) is 7.45. The first-order valence-electron chi connectivity index (χ1n) is 3.96. The van der Waals surface area contributed by atoms with E-state index in [0.29, 0.717) is 6.54 Å². The largest absolute Gasteiger partial charge is 0.367 e. The first-order valence-corrected chi connectivity index (χ1v) is 3.96. The van der Waals surface area contributed by atoms with Gasteiger partial charge in [-0.15, -0.1) is 0 Å². The summed E-state index contributed by atoms with van der Waals surface area (Å²) in [6.45, 7) is 2.49. The fraction of sp³-hybridized carbons (Fsp3) is 0.300. The molecule has 0 saturated heterocycles. The van der Waals surface area contributed by atoms with Gasteiger partial charge in [-0.2, -0.15) is 0 Å². The van der Waals surface area contributed by atoms with Crippen LogP contribution in [-0.4, -0.2) is 19.9 Å². The van der Waals surface area contributed by atoms with Crippen molar-refractivity contribution in [3.63, 3.8) is 0 Å². The molecule has 0 saturated carbocycles. The molecular weight excluding hydrogens is 150 g/mol. The topological polar surface area (TPSA) is 20.3 Å². The highest BCUT2D eigenvalue weighted by Gasteiger charge is 2.00. The number of carbonyl (C=O) groups excluding carboxylic acids is 1. The van der Waals surface area contributed by atoms with E-state index in [9.17, 15) is 4.79 Å². The van der Waals surface area contributed by atoms with Crippen LogP contribution in [0.15, 0.2) is 24.3 Å². The first-order chi connectivity index (χ1) is 5.75. The van der Waals surface area contributed by atoms with E-state index in [4.69, 9.17) is 0 Å². The van der Waals surface area contributed by atoms with Crippen LogP contribution in [-0.2, 0) is 4.79 Å². The summed E-state index contributed by atoms with van der Waals surface area (Å²) in [5, 5.41) is 0. The van der Waals surface area contributed by atoms with Gasteiger partial charge in [0.2, 0.25) is 0 Å². The van der Waals surface area contributed by atoms with Crippen LogP contribution in [0.5, 0.6) is 0 Å². The average Bonchev–Trinajstić information content (AvgIpc) is 2.05. The Labute approximate surface area is 72.8 Å². The molecular formula is C10H13NO. The summed E-state index contributed by atoms with van der Waals surface area (Å²) < 4.78 is 0. The summed E-state index contributed by atoms with van der Waals surface area (Å²) in [5.41, 5.74) is 2.31. The molecule has 0 aliphatic carbocycles. The van der Waals surface area contributed by atoms with Gasteiger partial charge in [-0.05, 0) is 18.6 Å². The second kappa shape index (κ2) is 3.90. The molecule has 0 unspecified atom stereocenters. The maximum absolute atomic E-state index is 10.3. The number of aryl methyl sites for hydroxylation is 1. The molecule has 12 heavy (non-hydrogen) atoms. The van der Waals surface area contributed by atoms with Crippen molar-refractivity contribution >= 4 is 12.0 Å². The Morgan fingerprint density at radius 1 is 1.42 bits per heavy atom.